The number of anilines is 1. The van der Waals surface area contributed by atoms with Crippen molar-refractivity contribution in [3.63, 3.8) is 0 Å². The Kier molecular flexibility index (Phi) is 5.22. The van der Waals surface area contributed by atoms with E-state index in [0.29, 0.717) is 12.1 Å². The van der Waals surface area contributed by atoms with Gasteiger partial charge in [-0.05, 0) is 6.07 Å². The minimum absolute atomic E-state index is 0.0553. The Hall–Kier alpha value is -3.14. The summed E-state index contributed by atoms with van der Waals surface area (Å²) in [7, 11) is 1.11. The van der Waals surface area contributed by atoms with Gasteiger partial charge in [0.2, 0.25) is 0 Å². The number of halogens is 1. The summed E-state index contributed by atoms with van der Waals surface area (Å²) in [5.74, 6) is -4.96. The second-order valence-electron chi connectivity index (χ2n) is 5.07. The number of hydrogen-bond donors (Lipinski definition) is 4. The third kappa shape index (κ3) is 3.53. The van der Waals surface area contributed by atoms with Crippen molar-refractivity contribution in [2.24, 2.45) is 0 Å². The number of hydrogen-bond acceptors (Lipinski definition) is 7. The first-order valence-electron chi connectivity index (χ1n) is 7.04. The fourth-order valence-electron chi connectivity index (χ4n) is 2.33. The number of nitrogens with zero attached hydrogens (tertiary/aromatic N) is 1. The first-order valence-corrected chi connectivity index (χ1v) is 7.04. The smallest absolute Gasteiger partial charge is 0.337 e. The lowest BCUT2D eigenvalue weighted by molar-refractivity contribution is -0.136. The lowest BCUT2D eigenvalue weighted by Gasteiger charge is -2.15. The molecule has 4 N–H and O–H groups in total. The summed E-state index contributed by atoms with van der Waals surface area (Å²) in [6, 6.07) is 1.38. The van der Waals surface area contributed by atoms with Gasteiger partial charge in [0.1, 0.15) is 5.70 Å². The maximum Gasteiger partial charge on any atom is 0.337 e. The van der Waals surface area contributed by atoms with Gasteiger partial charge in [-0.1, -0.05) is 0 Å². The van der Waals surface area contributed by atoms with Gasteiger partial charge in [0.05, 0.1) is 37.1 Å². The Morgan fingerprint density at radius 2 is 2.08 bits per heavy atom. The van der Waals surface area contributed by atoms with Crippen LogP contribution in [0.2, 0.25) is 0 Å². The molecule has 0 unspecified atom stereocenters. The average Bonchev–Trinajstić information content (AvgIpc) is 2.87. The summed E-state index contributed by atoms with van der Waals surface area (Å²) < 4.78 is 18.2. The van der Waals surface area contributed by atoms with Gasteiger partial charge in [-0.2, -0.15) is 0 Å². The molecule has 1 aromatic rings. The summed E-state index contributed by atoms with van der Waals surface area (Å²) in [4.78, 5) is 36.6. The van der Waals surface area contributed by atoms with E-state index in [-0.39, 0.29) is 36.7 Å². The van der Waals surface area contributed by atoms with Crippen molar-refractivity contribution in [2.75, 3.05) is 32.1 Å². The number of esters is 1. The number of phenols is 1. The van der Waals surface area contributed by atoms with Crippen LogP contribution in [0, 0.1) is 5.82 Å². The topological polar surface area (TPSA) is 136 Å². The van der Waals surface area contributed by atoms with Crippen LogP contribution in [0.15, 0.2) is 23.4 Å². The van der Waals surface area contributed by atoms with E-state index < -0.39 is 35.0 Å². The van der Waals surface area contributed by atoms with Crippen LogP contribution in [0.25, 0.3) is 0 Å². The predicted octanol–water partition coefficient (Wildman–Crippen LogP) is -0.0970. The number of ether oxygens (including phenoxy) is 1. The van der Waals surface area contributed by atoms with Gasteiger partial charge in [0, 0.05) is 12.6 Å². The standard InChI is InChI=1S/C15H15FN2O7/c1-25-15(24)8-6-18(2-3-19)13(21)12(8)17-10-5-9(16)11(20)4-7(10)14(22)23/h4-5,17,19-20H,2-3,6H2,1H3,(H,22,23). The molecule has 0 bridgehead atoms. The van der Waals surface area contributed by atoms with Gasteiger partial charge in [0.25, 0.3) is 5.91 Å². The molecule has 10 heteroatoms. The molecule has 0 radical (unpaired) electrons. The first-order chi connectivity index (χ1) is 11.8. The zero-order chi connectivity index (χ0) is 18.7. The fourth-order valence-corrected chi connectivity index (χ4v) is 2.33. The van der Waals surface area contributed by atoms with Crippen LogP contribution in [0.5, 0.6) is 5.75 Å². The second kappa shape index (κ2) is 7.18. The molecule has 1 aliphatic heterocycles. The van der Waals surface area contributed by atoms with E-state index in [0.717, 1.165) is 12.0 Å². The zero-order valence-corrected chi connectivity index (χ0v) is 13.1. The summed E-state index contributed by atoms with van der Waals surface area (Å²) in [5.41, 5.74) is -1.19. The van der Waals surface area contributed by atoms with Crippen LogP contribution in [-0.4, -0.2) is 64.9 Å². The third-order valence-electron chi connectivity index (χ3n) is 3.53. The first kappa shape index (κ1) is 18.2. The monoisotopic (exact) mass is 354 g/mol. The van der Waals surface area contributed by atoms with E-state index in [9.17, 15) is 23.9 Å². The largest absolute Gasteiger partial charge is 0.505 e. The van der Waals surface area contributed by atoms with E-state index >= 15 is 0 Å². The molecule has 0 aliphatic carbocycles. The molecule has 25 heavy (non-hydrogen) atoms. The number of aromatic carboxylic acids is 1. The number of aromatic hydroxyl groups is 1. The van der Waals surface area contributed by atoms with Crippen LogP contribution in [0.4, 0.5) is 10.1 Å². The Morgan fingerprint density at radius 3 is 2.64 bits per heavy atom. The number of phenolic OH excluding ortho intramolecular Hbond substituents is 1. The number of carboxylic acids is 1. The van der Waals surface area contributed by atoms with Gasteiger partial charge in [0.15, 0.2) is 11.6 Å². The predicted molar refractivity (Wildman–Crippen MR) is 81.4 cm³/mol. The van der Waals surface area contributed by atoms with E-state index in [4.69, 9.17) is 10.2 Å². The molecule has 0 spiro atoms. The van der Waals surface area contributed by atoms with E-state index in [1.807, 2.05) is 0 Å². The number of amides is 1. The number of carbonyl (C=O) groups is 3. The lowest BCUT2D eigenvalue weighted by Crippen LogP contribution is -2.31. The van der Waals surface area contributed by atoms with Crippen LogP contribution in [0.1, 0.15) is 10.4 Å². The number of nitrogens with one attached hydrogen (secondary N) is 1. The summed E-state index contributed by atoms with van der Waals surface area (Å²) in [5, 5.41) is 29.9. The Balaban J connectivity index is 2.48. The lowest BCUT2D eigenvalue weighted by atomic mass is 10.1. The summed E-state index contributed by atoms with van der Waals surface area (Å²) >= 11 is 0. The van der Waals surface area contributed by atoms with Crippen molar-refractivity contribution in [3.8, 4) is 5.75 Å². The normalized spacial score (nSPS) is 14.0. The Bertz CT molecular complexity index is 775. The van der Waals surface area contributed by atoms with Crippen LogP contribution in [0.3, 0.4) is 0 Å². The van der Waals surface area contributed by atoms with Crippen molar-refractivity contribution in [1.29, 1.82) is 0 Å². The number of methoxy groups -OCH3 is 1. The van der Waals surface area contributed by atoms with Gasteiger partial charge >= 0.3 is 11.9 Å². The van der Waals surface area contributed by atoms with Crippen molar-refractivity contribution >= 4 is 23.5 Å². The highest BCUT2D eigenvalue weighted by atomic mass is 19.1. The molecule has 1 aromatic carbocycles. The van der Waals surface area contributed by atoms with Crippen molar-refractivity contribution in [2.45, 2.75) is 0 Å². The van der Waals surface area contributed by atoms with Gasteiger partial charge in [-0.25, -0.2) is 14.0 Å². The molecule has 0 fully saturated rings. The zero-order valence-electron chi connectivity index (χ0n) is 13.1. The van der Waals surface area contributed by atoms with Crippen LogP contribution < -0.4 is 5.32 Å². The number of β-amino-alcohol motifs (C(OH)–C–C–N with tert-alkyl or cyclic N) is 1. The molecule has 134 valence electrons. The van der Waals surface area contributed by atoms with Crippen molar-refractivity contribution in [1.82, 2.24) is 4.90 Å². The third-order valence-corrected chi connectivity index (χ3v) is 3.53. The summed E-state index contributed by atoms with van der Waals surface area (Å²) in [6.45, 7) is -0.556. The fraction of sp³-hybridized carbons (Fsp3) is 0.267. The van der Waals surface area contributed by atoms with Gasteiger partial charge in [-0.15, -0.1) is 0 Å². The second-order valence-corrected chi connectivity index (χ2v) is 5.07. The number of benzene rings is 1. The van der Waals surface area contributed by atoms with Gasteiger partial charge < -0.3 is 30.3 Å². The Morgan fingerprint density at radius 1 is 1.40 bits per heavy atom. The number of rotatable bonds is 6. The quantitative estimate of drug-likeness (QED) is 0.411. The van der Waals surface area contributed by atoms with Crippen LogP contribution >= 0.6 is 0 Å². The molecular weight excluding hydrogens is 339 g/mol. The highest BCUT2D eigenvalue weighted by Crippen LogP contribution is 2.29. The average molecular weight is 354 g/mol. The molecule has 0 saturated carbocycles. The minimum Gasteiger partial charge on any atom is -0.505 e. The van der Waals surface area contributed by atoms with E-state index in [1.54, 1.807) is 0 Å². The van der Waals surface area contributed by atoms with E-state index in [2.05, 4.69) is 10.1 Å². The highest BCUT2D eigenvalue weighted by Gasteiger charge is 2.35. The van der Waals surface area contributed by atoms with Crippen LogP contribution in [-0.2, 0) is 14.3 Å². The molecule has 0 atom stereocenters. The van der Waals surface area contributed by atoms with E-state index in [1.165, 1.54) is 0 Å². The van der Waals surface area contributed by atoms with Crippen molar-refractivity contribution in [3.05, 3.63) is 34.8 Å². The number of aliphatic hydroxyl groups excluding tert-OH is 1. The molecule has 2 rings (SSSR count). The molecule has 9 nitrogen and oxygen atoms in total. The van der Waals surface area contributed by atoms with Gasteiger partial charge in [-0.3, -0.25) is 4.79 Å². The number of carbonyl (C=O) groups excluding carboxylic acids is 2. The molecule has 0 saturated heterocycles. The number of carboxylic acid groups (broad SMARTS) is 1. The SMILES string of the molecule is COC(=O)C1=C(Nc2cc(F)c(O)cc2C(=O)O)C(=O)N(CCO)C1. The molecule has 1 aliphatic rings. The summed E-state index contributed by atoms with van der Waals surface area (Å²) in [6.07, 6.45) is 0. The van der Waals surface area contributed by atoms with Crippen molar-refractivity contribution < 1.29 is 38.8 Å². The maximum atomic E-state index is 13.6. The highest BCUT2D eigenvalue weighted by molar-refractivity contribution is 6.09. The maximum absolute atomic E-state index is 13.6. The minimum atomic E-state index is -1.48. The molecular formula is C15H15FN2O7. The number of aliphatic hydroxyl groups is 1. The molecule has 0 aromatic heterocycles. The Labute approximate surface area is 140 Å². The molecule has 1 amide bonds. The molecule has 1 heterocycles.